The first-order valence-corrected chi connectivity index (χ1v) is 5.34. The monoisotopic (exact) mass is 154 g/mol. The maximum absolute atomic E-state index is 2.44. The fraction of sp³-hybridized carbons (Fsp3) is 1.00. The molecule has 0 heterocycles. The van der Waals surface area contributed by atoms with E-state index in [0.717, 1.165) is 11.8 Å². The van der Waals surface area contributed by atoms with Gasteiger partial charge in [-0.15, -0.1) is 0 Å². The van der Waals surface area contributed by atoms with Crippen molar-refractivity contribution in [2.24, 2.45) is 11.8 Å². The standard InChI is InChI=1S/C11H22/c1-3-4-5-7-10(2)11-8-6-9-11/h10-11H,3-9H2,1-2H3. The van der Waals surface area contributed by atoms with E-state index in [4.69, 9.17) is 0 Å². The van der Waals surface area contributed by atoms with E-state index in [0.29, 0.717) is 0 Å². The predicted molar refractivity (Wildman–Crippen MR) is 50.6 cm³/mol. The minimum Gasteiger partial charge on any atom is -0.0654 e. The minimum atomic E-state index is 1.02. The van der Waals surface area contributed by atoms with Gasteiger partial charge in [-0.1, -0.05) is 58.8 Å². The fourth-order valence-corrected chi connectivity index (χ4v) is 1.96. The molecule has 0 heteroatoms. The number of hydrogen-bond donors (Lipinski definition) is 0. The largest absolute Gasteiger partial charge is 0.0654 e. The highest BCUT2D eigenvalue weighted by Crippen LogP contribution is 2.35. The molecule has 1 fully saturated rings. The van der Waals surface area contributed by atoms with Gasteiger partial charge in [-0.3, -0.25) is 0 Å². The number of unbranched alkanes of at least 4 members (excludes halogenated alkanes) is 2. The Morgan fingerprint density at radius 2 is 2.00 bits per heavy atom. The Labute approximate surface area is 71.4 Å². The molecule has 0 N–H and O–H groups in total. The maximum Gasteiger partial charge on any atom is -0.0388 e. The van der Waals surface area contributed by atoms with Crippen molar-refractivity contribution in [3.63, 3.8) is 0 Å². The van der Waals surface area contributed by atoms with Gasteiger partial charge in [-0.25, -0.2) is 0 Å². The molecule has 1 rings (SSSR count). The second-order valence-electron chi connectivity index (χ2n) is 4.16. The van der Waals surface area contributed by atoms with Gasteiger partial charge < -0.3 is 0 Å². The smallest absolute Gasteiger partial charge is 0.0388 e. The topological polar surface area (TPSA) is 0 Å². The minimum absolute atomic E-state index is 1.02. The van der Waals surface area contributed by atoms with Crippen LogP contribution in [0.15, 0.2) is 0 Å². The van der Waals surface area contributed by atoms with E-state index in [2.05, 4.69) is 13.8 Å². The van der Waals surface area contributed by atoms with Crippen LogP contribution >= 0.6 is 0 Å². The Hall–Kier alpha value is 0. The van der Waals surface area contributed by atoms with Gasteiger partial charge in [0.15, 0.2) is 0 Å². The van der Waals surface area contributed by atoms with Crippen molar-refractivity contribution < 1.29 is 0 Å². The van der Waals surface area contributed by atoms with Crippen molar-refractivity contribution in [2.75, 3.05) is 0 Å². The van der Waals surface area contributed by atoms with E-state index in [9.17, 15) is 0 Å². The lowest BCUT2D eigenvalue weighted by Gasteiger charge is -2.31. The van der Waals surface area contributed by atoms with Crippen molar-refractivity contribution >= 4 is 0 Å². The van der Waals surface area contributed by atoms with Crippen molar-refractivity contribution in [1.29, 1.82) is 0 Å². The Kier molecular flexibility index (Phi) is 3.96. The normalized spacial score (nSPS) is 21.3. The van der Waals surface area contributed by atoms with Crippen molar-refractivity contribution in [1.82, 2.24) is 0 Å². The number of rotatable bonds is 5. The molecule has 0 spiro atoms. The van der Waals surface area contributed by atoms with E-state index in [-0.39, 0.29) is 0 Å². The molecular weight excluding hydrogens is 132 g/mol. The van der Waals surface area contributed by atoms with Crippen LogP contribution in [0, 0.1) is 11.8 Å². The number of hydrogen-bond acceptors (Lipinski definition) is 0. The molecule has 11 heavy (non-hydrogen) atoms. The molecule has 0 aromatic carbocycles. The predicted octanol–water partition coefficient (Wildman–Crippen LogP) is 4.00. The lowest BCUT2D eigenvalue weighted by atomic mass is 9.75. The fourth-order valence-electron chi connectivity index (χ4n) is 1.96. The van der Waals surface area contributed by atoms with Gasteiger partial charge in [-0.05, 0) is 11.8 Å². The molecule has 1 unspecified atom stereocenters. The second-order valence-corrected chi connectivity index (χ2v) is 4.16. The van der Waals surface area contributed by atoms with Crippen molar-refractivity contribution in [2.45, 2.75) is 58.8 Å². The Morgan fingerprint density at radius 1 is 1.27 bits per heavy atom. The summed E-state index contributed by atoms with van der Waals surface area (Å²) in [4.78, 5) is 0. The maximum atomic E-state index is 2.44. The quantitative estimate of drug-likeness (QED) is 0.525. The summed E-state index contributed by atoms with van der Waals surface area (Å²) >= 11 is 0. The summed E-state index contributed by atoms with van der Waals surface area (Å²) in [7, 11) is 0. The van der Waals surface area contributed by atoms with Gasteiger partial charge in [0, 0.05) is 0 Å². The molecule has 0 aliphatic heterocycles. The molecular formula is C11H22. The van der Waals surface area contributed by atoms with E-state index < -0.39 is 0 Å². The third-order valence-corrected chi connectivity index (χ3v) is 3.22. The summed E-state index contributed by atoms with van der Waals surface area (Å²) in [6.45, 7) is 4.73. The van der Waals surface area contributed by atoms with Gasteiger partial charge in [0.2, 0.25) is 0 Å². The highest BCUT2D eigenvalue weighted by atomic mass is 14.3. The second kappa shape index (κ2) is 4.79. The SMILES string of the molecule is CCCCCC(C)C1CCC1. The molecule has 0 saturated heterocycles. The molecule has 1 saturated carbocycles. The lowest BCUT2D eigenvalue weighted by Crippen LogP contribution is -2.19. The molecule has 0 aromatic rings. The summed E-state index contributed by atoms with van der Waals surface area (Å²) in [5.41, 5.74) is 0. The van der Waals surface area contributed by atoms with Crippen LogP contribution in [0.1, 0.15) is 58.8 Å². The van der Waals surface area contributed by atoms with Gasteiger partial charge in [0.1, 0.15) is 0 Å². The van der Waals surface area contributed by atoms with Crippen LogP contribution in [0.2, 0.25) is 0 Å². The van der Waals surface area contributed by atoms with E-state index in [1.54, 1.807) is 0 Å². The van der Waals surface area contributed by atoms with Crippen LogP contribution in [0.5, 0.6) is 0 Å². The van der Waals surface area contributed by atoms with Crippen LogP contribution in [0.25, 0.3) is 0 Å². The van der Waals surface area contributed by atoms with Crippen LogP contribution in [-0.4, -0.2) is 0 Å². The lowest BCUT2D eigenvalue weighted by molar-refractivity contribution is 0.207. The van der Waals surface area contributed by atoms with E-state index in [1.807, 2.05) is 0 Å². The Morgan fingerprint density at radius 3 is 2.45 bits per heavy atom. The summed E-state index contributed by atoms with van der Waals surface area (Å²) in [6, 6.07) is 0. The van der Waals surface area contributed by atoms with Gasteiger partial charge >= 0.3 is 0 Å². The van der Waals surface area contributed by atoms with Crippen molar-refractivity contribution in [3.05, 3.63) is 0 Å². The Bertz CT molecular complexity index is 92.2. The average Bonchev–Trinajstić information content (AvgIpc) is 1.84. The molecule has 0 nitrogen and oxygen atoms in total. The zero-order valence-corrected chi connectivity index (χ0v) is 8.10. The molecule has 0 bridgehead atoms. The third-order valence-electron chi connectivity index (χ3n) is 3.22. The average molecular weight is 154 g/mol. The zero-order valence-electron chi connectivity index (χ0n) is 8.10. The molecule has 1 atom stereocenters. The molecule has 0 amide bonds. The molecule has 1 aliphatic rings. The van der Waals surface area contributed by atoms with Crippen LogP contribution in [0.4, 0.5) is 0 Å². The first-order valence-electron chi connectivity index (χ1n) is 5.34. The zero-order chi connectivity index (χ0) is 8.10. The summed E-state index contributed by atoms with van der Waals surface area (Å²) in [5, 5.41) is 0. The van der Waals surface area contributed by atoms with Crippen LogP contribution in [-0.2, 0) is 0 Å². The third kappa shape index (κ3) is 2.84. The first kappa shape index (κ1) is 9.09. The van der Waals surface area contributed by atoms with E-state index >= 15 is 0 Å². The highest BCUT2D eigenvalue weighted by molar-refractivity contribution is 4.74. The van der Waals surface area contributed by atoms with Crippen LogP contribution < -0.4 is 0 Å². The first-order chi connectivity index (χ1) is 5.34. The summed E-state index contributed by atoms with van der Waals surface area (Å²) in [6.07, 6.45) is 10.3. The molecule has 66 valence electrons. The molecule has 1 aliphatic carbocycles. The van der Waals surface area contributed by atoms with Gasteiger partial charge in [0.25, 0.3) is 0 Å². The summed E-state index contributed by atoms with van der Waals surface area (Å²) < 4.78 is 0. The van der Waals surface area contributed by atoms with Gasteiger partial charge in [0.05, 0.1) is 0 Å². The van der Waals surface area contributed by atoms with Crippen LogP contribution in [0.3, 0.4) is 0 Å². The highest BCUT2D eigenvalue weighted by Gasteiger charge is 2.22. The molecule has 0 aromatic heterocycles. The Balaban J connectivity index is 1.96. The molecule has 0 radical (unpaired) electrons. The van der Waals surface area contributed by atoms with Crippen molar-refractivity contribution in [3.8, 4) is 0 Å². The summed E-state index contributed by atoms with van der Waals surface area (Å²) in [5.74, 6) is 2.13. The van der Waals surface area contributed by atoms with E-state index in [1.165, 1.54) is 44.9 Å². The van der Waals surface area contributed by atoms with Gasteiger partial charge in [-0.2, -0.15) is 0 Å².